The lowest BCUT2D eigenvalue weighted by molar-refractivity contribution is -0.0172. The van der Waals surface area contributed by atoms with Gasteiger partial charge in [0, 0.05) is 62.9 Å². The normalized spacial score (nSPS) is 17.7. The fourth-order valence-electron chi connectivity index (χ4n) is 10.7. The predicted octanol–water partition coefficient (Wildman–Crippen LogP) is 8.36. The van der Waals surface area contributed by atoms with Crippen LogP contribution in [-0.4, -0.2) is 126 Å². The van der Waals surface area contributed by atoms with Crippen LogP contribution in [0.3, 0.4) is 0 Å². The highest BCUT2D eigenvalue weighted by atomic mass is 35.5. The van der Waals surface area contributed by atoms with E-state index >= 15 is 0 Å². The summed E-state index contributed by atoms with van der Waals surface area (Å²) in [5, 5.41) is 7.29. The molecule has 7 heterocycles. The zero-order chi connectivity index (χ0) is 69.1. The van der Waals surface area contributed by atoms with Crippen LogP contribution in [0.15, 0.2) is 121 Å². The summed E-state index contributed by atoms with van der Waals surface area (Å²) in [6.07, 6.45) is -2.89. The number of fused-ring (bicyclic) bond motifs is 4. The van der Waals surface area contributed by atoms with Gasteiger partial charge in [0.05, 0.1) is 81.4 Å². The molecule has 14 rings (SSSR count). The van der Waals surface area contributed by atoms with Crippen LogP contribution in [0.25, 0.3) is 0 Å². The summed E-state index contributed by atoms with van der Waals surface area (Å²) >= 11 is 5.29. The first-order valence-electron chi connectivity index (χ1n) is 29.9. The number of nitrogen functional groups attached to an aromatic ring is 2. The Hall–Kier alpha value is -11.0. The zero-order valence-corrected chi connectivity index (χ0v) is 52.2. The Morgan fingerprint density at radius 3 is 1.08 bits per heavy atom. The van der Waals surface area contributed by atoms with Crippen molar-refractivity contribution in [3.8, 4) is 23.0 Å². The summed E-state index contributed by atoms with van der Waals surface area (Å²) in [7, 11) is 0. The highest BCUT2D eigenvalue weighted by molar-refractivity contribution is 6.68. The van der Waals surface area contributed by atoms with Gasteiger partial charge in [-0.05, 0) is 133 Å². The van der Waals surface area contributed by atoms with Gasteiger partial charge in [0.1, 0.15) is 64.6 Å². The molecule has 512 valence electrons. The van der Waals surface area contributed by atoms with Crippen molar-refractivity contribution in [1.82, 2.24) is 10.6 Å². The quantitative estimate of drug-likeness (QED) is 0.0273. The van der Waals surface area contributed by atoms with Crippen LogP contribution in [0.2, 0.25) is 0 Å². The van der Waals surface area contributed by atoms with Gasteiger partial charge in [-0.2, -0.15) is 0 Å². The van der Waals surface area contributed by atoms with Crippen LogP contribution in [0.4, 0.5) is 66.1 Å². The molecule has 0 radical (unpaired) electrons. The minimum absolute atomic E-state index is 0.00427. The number of halogens is 5. The predicted molar refractivity (Wildman–Crippen MR) is 340 cm³/mol. The molecule has 7 aliphatic heterocycles. The number of carbonyl (C=O) groups excluding carboxylic acids is 7. The first-order valence-corrected chi connectivity index (χ1v) is 30.3. The van der Waals surface area contributed by atoms with Gasteiger partial charge in [-0.1, -0.05) is 0 Å². The minimum atomic E-state index is -0.734. The Balaban J connectivity index is 0.000000146. The molecule has 32 heteroatoms. The number of ether oxygens (including phenoxy) is 11. The molecule has 3 saturated heterocycles. The van der Waals surface area contributed by atoms with Crippen molar-refractivity contribution < 1.29 is 103 Å². The van der Waals surface area contributed by atoms with E-state index in [0.29, 0.717) is 75.3 Å². The Morgan fingerprint density at radius 2 is 0.745 bits per heavy atom. The number of amides is 6. The molecular formula is C66H60ClF4N9O18. The molecule has 3 fully saturated rings. The average molecular weight is 1380 g/mol. The Bertz CT molecular complexity index is 4180. The molecule has 27 nitrogen and oxygen atoms in total. The number of benzene rings is 7. The fourth-order valence-corrected chi connectivity index (χ4v) is 10.9. The molecule has 0 aliphatic carbocycles. The van der Waals surface area contributed by atoms with Crippen molar-refractivity contribution in [2.45, 2.75) is 44.7 Å². The lowest BCUT2D eigenvalue weighted by Crippen LogP contribution is -2.35. The Labute approximate surface area is 559 Å². The van der Waals surface area contributed by atoms with Crippen molar-refractivity contribution >= 4 is 87.0 Å². The molecule has 0 bridgehead atoms. The SMILES string of the molecule is NC[C@@H]1CN(c2ccc(N)cc2)C(=O)O1.Nc1ccc(N2C[C@@H](CNC(=O)c3cc(F)cc4c3OCOC4)OC2=O)cc1.O=C(Cl)c1cc(F)cc2c1OCOC2.O=C(NC[C@@H]1CN(c2ccc(NC(=O)c3cc(F)cc4c3OCOC4)cc2)C(=O)O1)c1cc(F)cc2c1OCOC2. The molecule has 98 heavy (non-hydrogen) atoms. The molecule has 7 aliphatic rings. The molecular weight excluding hydrogens is 1320 g/mol. The second kappa shape index (κ2) is 30.8. The number of carbonyl (C=O) groups is 7. The average Bonchev–Trinajstić information content (AvgIpc) is 1.34. The molecule has 0 unspecified atom stereocenters. The van der Waals surface area contributed by atoms with Crippen LogP contribution in [0.1, 0.15) is 63.7 Å². The Kier molecular flexibility index (Phi) is 21.5. The van der Waals surface area contributed by atoms with E-state index < -0.39 is 70.6 Å². The molecule has 7 aromatic carbocycles. The van der Waals surface area contributed by atoms with Crippen LogP contribution in [0.5, 0.6) is 23.0 Å². The largest absolute Gasteiger partial charge is 0.466 e. The van der Waals surface area contributed by atoms with E-state index in [-0.39, 0.29) is 126 Å². The third-order valence-electron chi connectivity index (χ3n) is 15.4. The summed E-state index contributed by atoms with van der Waals surface area (Å²) in [5.74, 6) is -2.78. The van der Waals surface area contributed by atoms with Crippen LogP contribution >= 0.6 is 11.6 Å². The van der Waals surface area contributed by atoms with Crippen LogP contribution < -0.4 is 66.8 Å². The summed E-state index contributed by atoms with van der Waals surface area (Å²) in [6, 6.07) is 29.7. The maximum Gasteiger partial charge on any atom is 0.414 e. The molecule has 0 aromatic heterocycles. The summed E-state index contributed by atoms with van der Waals surface area (Å²) in [6.45, 7) is 1.95. The van der Waals surface area contributed by atoms with Crippen molar-refractivity contribution in [1.29, 1.82) is 0 Å². The summed E-state index contributed by atoms with van der Waals surface area (Å²) in [4.78, 5) is 89.6. The number of hydrogen-bond donors (Lipinski definition) is 6. The van der Waals surface area contributed by atoms with Crippen molar-refractivity contribution in [3.63, 3.8) is 0 Å². The van der Waals surface area contributed by atoms with Gasteiger partial charge < -0.3 is 85.3 Å². The number of rotatable bonds is 13. The van der Waals surface area contributed by atoms with Crippen molar-refractivity contribution in [3.05, 3.63) is 189 Å². The van der Waals surface area contributed by atoms with Crippen LogP contribution in [0, 0.1) is 23.3 Å². The first kappa shape index (κ1) is 68.4. The molecule has 0 spiro atoms. The number of cyclic esters (lactones) is 3. The van der Waals surface area contributed by atoms with E-state index in [4.69, 9.17) is 80.9 Å². The van der Waals surface area contributed by atoms with Gasteiger partial charge in [-0.15, -0.1) is 0 Å². The molecule has 7 aromatic rings. The monoisotopic (exact) mass is 1380 g/mol. The van der Waals surface area contributed by atoms with E-state index in [1.54, 1.807) is 77.7 Å². The number of hydrogen-bond acceptors (Lipinski definition) is 21. The lowest BCUT2D eigenvalue weighted by atomic mass is 10.1. The second-order valence-corrected chi connectivity index (χ2v) is 22.5. The number of anilines is 6. The van der Waals surface area contributed by atoms with Gasteiger partial charge >= 0.3 is 18.3 Å². The van der Waals surface area contributed by atoms with Gasteiger partial charge in [0.15, 0.2) is 27.2 Å². The minimum Gasteiger partial charge on any atom is -0.466 e. The maximum atomic E-state index is 14.0. The van der Waals surface area contributed by atoms with Crippen LogP contribution in [-0.2, 0) is 59.6 Å². The van der Waals surface area contributed by atoms with E-state index in [2.05, 4.69) is 16.0 Å². The Morgan fingerprint density at radius 1 is 0.439 bits per heavy atom. The lowest BCUT2D eigenvalue weighted by Gasteiger charge is -2.20. The molecule has 3 atom stereocenters. The van der Waals surface area contributed by atoms with Gasteiger partial charge in [0.25, 0.3) is 23.0 Å². The van der Waals surface area contributed by atoms with Gasteiger partial charge in [-0.25, -0.2) is 31.9 Å². The second-order valence-electron chi connectivity index (χ2n) is 22.2. The van der Waals surface area contributed by atoms with Crippen molar-refractivity contribution in [2.24, 2.45) is 5.73 Å². The molecule has 0 saturated carbocycles. The number of nitrogens with two attached hydrogens (primary N) is 3. The molecule has 6 amide bonds. The third-order valence-corrected chi connectivity index (χ3v) is 15.6. The van der Waals surface area contributed by atoms with E-state index in [9.17, 15) is 51.1 Å². The smallest absolute Gasteiger partial charge is 0.414 e. The van der Waals surface area contributed by atoms with E-state index in [1.807, 2.05) is 0 Å². The standard InChI is InChI=1S/C28H23F2N3O8.C19H18FN3O5.C10H13N3O2.C9H6ClFO3/c29-17-5-15-11-37-13-39-24(15)22(7-17)26(34)31-9-21-10-33(28(36)41-21)20-3-1-19(2-4-20)32-27(35)23-8-18(30)6-16-12-38-14-40-25(16)23;20-12-5-11-9-26-10-27-17(11)16(6-12)18(24)22-7-15-8-23(19(25)28-15)14-3-1-13(21)2-4-14;11-5-9-6-13(10(14)15-9)8-3-1-7(12)2-4-8;10-9(12)7-2-6(11)1-5-3-13-4-14-8(5)7/h1-8,21H,9-14H2,(H,31,34)(H,32,35);1-6,15H,7-10,21H2,(H,22,24);1-4,9H,5-6,11-12H2;1-2H,3-4H2/t21-;15-;9-;/m111./s1. The third kappa shape index (κ3) is 16.5. The number of nitrogens with one attached hydrogen (secondary N) is 3. The highest BCUT2D eigenvalue weighted by Gasteiger charge is 2.36. The van der Waals surface area contributed by atoms with E-state index in [1.165, 1.54) is 34.1 Å². The highest BCUT2D eigenvalue weighted by Crippen LogP contribution is 2.35. The summed E-state index contributed by atoms with van der Waals surface area (Å²) < 4.78 is 112. The van der Waals surface area contributed by atoms with E-state index in [0.717, 1.165) is 30.0 Å². The fraction of sp³-hybridized carbons (Fsp3) is 0.258. The van der Waals surface area contributed by atoms with Crippen molar-refractivity contribution in [2.75, 3.05) is 97.9 Å². The topological polar surface area (TPSA) is 345 Å². The number of nitrogens with zero attached hydrogens (tertiary/aromatic N) is 3. The zero-order valence-electron chi connectivity index (χ0n) is 51.5. The summed E-state index contributed by atoms with van der Waals surface area (Å²) in [5.41, 5.74) is 22.3. The molecule has 9 N–H and O–H groups in total. The maximum absolute atomic E-state index is 14.0. The first-order chi connectivity index (χ1) is 47.2. The van der Waals surface area contributed by atoms with Gasteiger partial charge in [0.2, 0.25) is 0 Å². The van der Waals surface area contributed by atoms with Gasteiger partial charge in [-0.3, -0.25) is 33.9 Å².